The molecule has 0 unspecified atom stereocenters. The molecule has 6 nitrogen and oxygen atoms in total. The number of alkyl halides is 2. The minimum absolute atomic E-state index is 0.232. The Morgan fingerprint density at radius 2 is 1.43 bits per heavy atom. The third-order valence-corrected chi connectivity index (χ3v) is 8.56. The molecule has 0 spiro atoms. The Kier molecular flexibility index (Phi) is 5.84. The number of ether oxygens (including phenoxy) is 1. The van der Waals surface area contributed by atoms with E-state index in [2.05, 4.69) is 0 Å². The Labute approximate surface area is 166 Å². The maximum Gasteiger partial charge on any atom is 0.407 e. The number of hydrogen-bond donors (Lipinski definition) is 0. The summed E-state index contributed by atoms with van der Waals surface area (Å²) in [6.45, 7) is 4.22. The van der Waals surface area contributed by atoms with Gasteiger partial charge in [-0.2, -0.15) is 21.8 Å². The molecule has 0 amide bonds. The molecule has 0 aromatic heterocycles. The van der Waals surface area contributed by atoms with Gasteiger partial charge in [-0.1, -0.05) is 4.28 Å². The molecule has 4 aliphatic carbocycles. The van der Waals surface area contributed by atoms with E-state index in [1.54, 1.807) is 20.8 Å². The summed E-state index contributed by atoms with van der Waals surface area (Å²) < 4.78 is 62.8. The molecule has 162 valence electrons. The average Bonchev–Trinajstić information content (AvgIpc) is 2.63. The van der Waals surface area contributed by atoms with Gasteiger partial charge in [-0.15, -0.1) is 0 Å². The van der Waals surface area contributed by atoms with Crippen LogP contribution in [0, 0.1) is 23.2 Å². The van der Waals surface area contributed by atoms with E-state index in [1.807, 2.05) is 0 Å². The van der Waals surface area contributed by atoms with E-state index in [0.29, 0.717) is 37.0 Å². The summed E-state index contributed by atoms with van der Waals surface area (Å²) in [6.07, 6.45) is 5.35. The fourth-order valence-electron chi connectivity index (χ4n) is 5.83. The molecule has 0 aromatic carbocycles. The van der Waals surface area contributed by atoms with Gasteiger partial charge in [0.25, 0.3) is 0 Å². The lowest BCUT2D eigenvalue weighted by Gasteiger charge is -2.55. The van der Waals surface area contributed by atoms with Gasteiger partial charge in [0.15, 0.2) is 6.61 Å². The van der Waals surface area contributed by atoms with Gasteiger partial charge in [-0.3, -0.25) is 4.79 Å². The highest BCUT2D eigenvalue weighted by Crippen LogP contribution is 2.60. The van der Waals surface area contributed by atoms with E-state index in [1.165, 1.54) is 0 Å². The van der Waals surface area contributed by atoms with Crippen LogP contribution in [0.5, 0.6) is 0 Å². The molecule has 0 saturated heterocycles. The maximum absolute atomic E-state index is 14.5. The zero-order chi connectivity index (χ0) is 20.8. The van der Waals surface area contributed by atoms with Crippen LogP contribution in [-0.4, -0.2) is 50.5 Å². The monoisotopic (exact) mass is 424 g/mol. The number of halogens is 2. The number of hydrogen-bond acceptors (Lipinski definition) is 5. The fraction of sp³-hybridized carbons (Fsp3) is 0.947. The van der Waals surface area contributed by atoms with E-state index in [0.717, 1.165) is 19.3 Å². The van der Waals surface area contributed by atoms with Crippen molar-refractivity contribution < 1.29 is 35.7 Å². The summed E-state index contributed by atoms with van der Waals surface area (Å²) >= 11 is 0. The molecule has 0 heterocycles. The molecule has 0 aromatic rings. The Balaban J connectivity index is 1.66. The number of hydroxylamine groups is 3. The quantitative estimate of drug-likeness (QED) is 0.322. The number of nitrogens with zero attached hydrogens (tertiary/aromatic N) is 1. The SMILES string of the molecule is CC[N+](CC)(CC)OS(=O)(=O)C(F)(F)COC(=O)C12CC3CC(CC(C3)C1)C2. The third-order valence-electron chi connectivity index (χ3n) is 7.19. The van der Waals surface area contributed by atoms with E-state index in [9.17, 15) is 22.0 Å². The number of quaternary nitrogens is 1. The van der Waals surface area contributed by atoms with Crippen molar-refractivity contribution in [1.29, 1.82) is 0 Å². The summed E-state index contributed by atoms with van der Waals surface area (Å²) in [5.41, 5.74) is -0.703. The second kappa shape index (κ2) is 7.47. The molecule has 4 rings (SSSR count). The first-order valence-electron chi connectivity index (χ1n) is 10.4. The van der Waals surface area contributed by atoms with Gasteiger partial charge in [-0.05, 0) is 77.0 Å². The van der Waals surface area contributed by atoms with Crippen LogP contribution in [0.2, 0.25) is 0 Å². The molecule has 0 radical (unpaired) electrons. The van der Waals surface area contributed by atoms with Crippen molar-refractivity contribution in [3.8, 4) is 0 Å². The van der Waals surface area contributed by atoms with Crippen LogP contribution in [-0.2, 0) is 23.9 Å². The Hall–Kier alpha value is -0.800. The van der Waals surface area contributed by atoms with Crippen molar-refractivity contribution in [3.63, 3.8) is 0 Å². The number of rotatable bonds is 9. The zero-order valence-corrected chi connectivity index (χ0v) is 17.8. The summed E-state index contributed by atoms with van der Waals surface area (Å²) in [4.78, 5) is 12.7. The zero-order valence-electron chi connectivity index (χ0n) is 17.0. The Bertz CT molecular complexity index is 662. The van der Waals surface area contributed by atoms with Crippen LogP contribution in [0.4, 0.5) is 8.78 Å². The topological polar surface area (TPSA) is 69.7 Å². The predicted molar refractivity (Wildman–Crippen MR) is 98.4 cm³/mol. The van der Waals surface area contributed by atoms with E-state index in [-0.39, 0.29) is 19.6 Å². The summed E-state index contributed by atoms with van der Waals surface area (Å²) in [5, 5.41) is -4.28. The first-order valence-corrected chi connectivity index (χ1v) is 11.8. The van der Waals surface area contributed by atoms with E-state index < -0.39 is 38.0 Å². The molecular weight excluding hydrogens is 392 g/mol. The van der Waals surface area contributed by atoms with Gasteiger partial charge in [0.2, 0.25) is 0 Å². The van der Waals surface area contributed by atoms with E-state index in [4.69, 9.17) is 9.02 Å². The molecule has 4 saturated carbocycles. The van der Waals surface area contributed by atoms with Crippen molar-refractivity contribution in [2.45, 2.75) is 64.6 Å². The van der Waals surface area contributed by atoms with Crippen LogP contribution in [0.3, 0.4) is 0 Å². The van der Waals surface area contributed by atoms with Crippen molar-refractivity contribution >= 4 is 16.1 Å². The molecule has 0 atom stereocenters. The Morgan fingerprint density at radius 3 is 1.82 bits per heavy atom. The van der Waals surface area contributed by atoms with Crippen molar-refractivity contribution in [3.05, 3.63) is 0 Å². The number of carbonyl (C=O) groups is 1. The van der Waals surface area contributed by atoms with Gasteiger partial charge in [-0.25, -0.2) is 0 Å². The van der Waals surface area contributed by atoms with Crippen molar-refractivity contribution in [2.75, 3.05) is 26.2 Å². The average molecular weight is 425 g/mol. The predicted octanol–water partition coefficient (Wildman–Crippen LogP) is 3.48. The molecule has 0 aliphatic heterocycles. The summed E-state index contributed by atoms with van der Waals surface area (Å²) in [6, 6.07) is 0. The molecular formula is C19H32F2NO5S+. The molecule has 4 bridgehead atoms. The van der Waals surface area contributed by atoms with Crippen LogP contribution < -0.4 is 0 Å². The van der Waals surface area contributed by atoms with Crippen LogP contribution in [0.1, 0.15) is 59.3 Å². The van der Waals surface area contributed by atoms with Gasteiger partial charge in [0.1, 0.15) is 19.6 Å². The van der Waals surface area contributed by atoms with E-state index >= 15 is 0 Å². The standard InChI is InChI=1S/C19H32F2NO5S/c1-4-22(5-2,6-3)27-28(24,25)19(20,21)13-26-17(23)18-10-14-7-15(11-18)9-16(8-14)12-18/h14-16H,4-13H2,1-3H3/q+1. The van der Waals surface area contributed by atoms with Crippen molar-refractivity contribution in [2.24, 2.45) is 23.2 Å². The number of carbonyl (C=O) groups excluding carboxylic acids is 1. The molecule has 4 aliphatic rings. The largest absolute Gasteiger partial charge is 0.458 e. The summed E-state index contributed by atoms with van der Waals surface area (Å²) in [7, 11) is -5.24. The third kappa shape index (κ3) is 3.81. The summed E-state index contributed by atoms with van der Waals surface area (Å²) in [5.74, 6) is 0.720. The van der Waals surface area contributed by atoms with Crippen LogP contribution in [0.25, 0.3) is 0 Å². The molecule has 4 fully saturated rings. The van der Waals surface area contributed by atoms with Crippen molar-refractivity contribution in [1.82, 2.24) is 0 Å². The first kappa shape index (κ1) is 21.9. The minimum atomic E-state index is -5.24. The molecule has 28 heavy (non-hydrogen) atoms. The fourth-order valence-corrected chi connectivity index (χ4v) is 6.87. The molecule has 9 heteroatoms. The highest BCUT2D eigenvalue weighted by Gasteiger charge is 2.57. The second-order valence-electron chi connectivity index (χ2n) is 8.95. The van der Waals surface area contributed by atoms with Gasteiger partial charge in [0, 0.05) is 0 Å². The van der Waals surface area contributed by atoms with Gasteiger partial charge >= 0.3 is 21.3 Å². The maximum atomic E-state index is 14.5. The van der Waals surface area contributed by atoms with Crippen LogP contribution in [0.15, 0.2) is 0 Å². The Morgan fingerprint density at radius 1 is 1.00 bits per heavy atom. The lowest BCUT2D eigenvalue weighted by molar-refractivity contribution is -1.08. The highest BCUT2D eigenvalue weighted by atomic mass is 32.2. The van der Waals surface area contributed by atoms with Gasteiger partial charge < -0.3 is 4.74 Å². The second-order valence-corrected chi connectivity index (χ2v) is 10.6. The van der Waals surface area contributed by atoms with Gasteiger partial charge in [0.05, 0.1) is 5.41 Å². The lowest BCUT2D eigenvalue weighted by Crippen LogP contribution is -2.53. The lowest BCUT2D eigenvalue weighted by atomic mass is 9.49. The first-order chi connectivity index (χ1) is 13.0. The van der Waals surface area contributed by atoms with Crippen LogP contribution >= 0.6 is 0 Å². The molecule has 0 N–H and O–H groups in total. The number of esters is 1. The highest BCUT2D eigenvalue weighted by molar-refractivity contribution is 7.87. The minimum Gasteiger partial charge on any atom is -0.458 e. The normalized spacial score (nSPS) is 32.5. The smallest absolute Gasteiger partial charge is 0.407 e.